The number of hydrogen-bond acceptors (Lipinski definition) is 4. The van der Waals surface area contributed by atoms with E-state index in [0.29, 0.717) is 0 Å². The quantitative estimate of drug-likeness (QED) is 0.611. The Morgan fingerprint density at radius 3 is 2.05 bits per heavy atom. The van der Waals surface area contributed by atoms with E-state index in [-0.39, 0.29) is 23.7 Å². The maximum absolute atomic E-state index is 9.58. The standard InChI is InChI=1S/C15H10N4/c1-9-4-10-2-3-11-12(10)13(9)15(7-18,8-19)14(11,5-16)6-17/h2-4,10-13H,1H3/t10-,11+,12-,13-/m0/s1. The molecule has 0 heterocycles. The number of rotatable bonds is 0. The topological polar surface area (TPSA) is 95.2 Å². The second kappa shape index (κ2) is 3.26. The fraction of sp³-hybridized carbons (Fsp3) is 0.467. The van der Waals surface area contributed by atoms with Crippen molar-refractivity contribution in [1.82, 2.24) is 0 Å². The molecule has 0 radical (unpaired) electrons. The van der Waals surface area contributed by atoms with E-state index in [4.69, 9.17) is 0 Å². The molecule has 90 valence electrons. The molecule has 3 aliphatic carbocycles. The summed E-state index contributed by atoms with van der Waals surface area (Å²) in [6.07, 6.45) is 5.92. The summed E-state index contributed by atoms with van der Waals surface area (Å²) >= 11 is 0. The molecule has 4 atom stereocenters. The van der Waals surface area contributed by atoms with Gasteiger partial charge in [0.05, 0.1) is 24.3 Å². The van der Waals surface area contributed by atoms with Crippen LogP contribution in [0.5, 0.6) is 0 Å². The molecule has 0 aromatic carbocycles. The van der Waals surface area contributed by atoms with Crippen LogP contribution in [-0.2, 0) is 0 Å². The molecule has 3 rings (SSSR count). The van der Waals surface area contributed by atoms with Crippen LogP contribution in [0.1, 0.15) is 6.92 Å². The minimum absolute atomic E-state index is 0.0126. The highest BCUT2D eigenvalue weighted by Crippen LogP contribution is 2.69. The number of nitriles is 4. The van der Waals surface area contributed by atoms with Gasteiger partial charge in [-0.2, -0.15) is 21.0 Å². The van der Waals surface area contributed by atoms with E-state index in [2.05, 4.69) is 6.08 Å². The summed E-state index contributed by atoms with van der Waals surface area (Å²) in [5.41, 5.74) is -2.17. The molecule has 0 unspecified atom stereocenters. The summed E-state index contributed by atoms with van der Waals surface area (Å²) in [6.45, 7) is 1.89. The second-order valence-corrected chi connectivity index (χ2v) is 5.52. The van der Waals surface area contributed by atoms with Crippen molar-refractivity contribution in [2.45, 2.75) is 6.92 Å². The molecule has 0 spiro atoms. The average Bonchev–Trinajstić information content (AvgIpc) is 3.03. The molecule has 0 aromatic heterocycles. The molecule has 0 bridgehead atoms. The van der Waals surface area contributed by atoms with Crippen LogP contribution in [0, 0.1) is 79.8 Å². The summed E-state index contributed by atoms with van der Waals surface area (Å²) in [6, 6.07) is 8.08. The highest BCUT2D eigenvalue weighted by atomic mass is 14.7. The van der Waals surface area contributed by atoms with Crippen LogP contribution in [-0.4, -0.2) is 0 Å². The van der Waals surface area contributed by atoms with Crippen LogP contribution in [0.4, 0.5) is 0 Å². The summed E-state index contributed by atoms with van der Waals surface area (Å²) < 4.78 is 0. The molecule has 0 N–H and O–H groups in total. The summed E-state index contributed by atoms with van der Waals surface area (Å²) in [7, 11) is 0. The van der Waals surface area contributed by atoms with Crippen molar-refractivity contribution in [1.29, 1.82) is 21.0 Å². The van der Waals surface area contributed by atoms with Crippen molar-refractivity contribution >= 4 is 0 Å². The van der Waals surface area contributed by atoms with Crippen LogP contribution < -0.4 is 0 Å². The zero-order chi connectivity index (χ0) is 13.8. The minimum Gasteiger partial charge on any atom is -0.196 e. The Morgan fingerprint density at radius 2 is 1.53 bits per heavy atom. The molecule has 3 aliphatic rings. The van der Waals surface area contributed by atoms with Crippen LogP contribution in [0.25, 0.3) is 0 Å². The monoisotopic (exact) mass is 246 g/mol. The van der Waals surface area contributed by atoms with Gasteiger partial charge in [-0.1, -0.05) is 23.8 Å². The zero-order valence-corrected chi connectivity index (χ0v) is 10.3. The summed E-state index contributed by atoms with van der Waals surface area (Å²) in [4.78, 5) is 0. The van der Waals surface area contributed by atoms with Crippen molar-refractivity contribution < 1.29 is 0 Å². The molecular weight excluding hydrogens is 236 g/mol. The Hall–Kier alpha value is -2.56. The van der Waals surface area contributed by atoms with Gasteiger partial charge in [0.25, 0.3) is 0 Å². The Bertz CT molecular complexity index is 658. The van der Waals surface area contributed by atoms with Crippen LogP contribution >= 0.6 is 0 Å². The third-order valence-electron chi connectivity index (χ3n) is 5.02. The number of allylic oxidation sites excluding steroid dienone is 4. The second-order valence-electron chi connectivity index (χ2n) is 5.52. The first-order chi connectivity index (χ1) is 9.11. The van der Waals surface area contributed by atoms with Crippen LogP contribution in [0.2, 0.25) is 0 Å². The highest BCUT2D eigenvalue weighted by molar-refractivity contribution is 5.50. The number of hydrogen-bond donors (Lipinski definition) is 0. The smallest absolute Gasteiger partial charge is 0.182 e. The predicted molar refractivity (Wildman–Crippen MR) is 64.2 cm³/mol. The lowest BCUT2D eigenvalue weighted by Gasteiger charge is -2.29. The number of nitrogens with zero attached hydrogens (tertiary/aromatic N) is 4. The lowest BCUT2D eigenvalue weighted by molar-refractivity contribution is 0.284. The molecule has 19 heavy (non-hydrogen) atoms. The van der Waals surface area contributed by atoms with E-state index in [9.17, 15) is 21.0 Å². The van der Waals surface area contributed by atoms with Gasteiger partial charge in [-0.3, -0.25) is 0 Å². The molecule has 0 amide bonds. The van der Waals surface area contributed by atoms with Crippen molar-refractivity contribution in [2.75, 3.05) is 0 Å². The van der Waals surface area contributed by atoms with Crippen molar-refractivity contribution in [2.24, 2.45) is 34.5 Å². The van der Waals surface area contributed by atoms with Gasteiger partial charge in [-0.15, -0.1) is 0 Å². The van der Waals surface area contributed by atoms with E-state index in [1.165, 1.54) is 0 Å². The summed E-state index contributed by atoms with van der Waals surface area (Å²) in [5, 5.41) is 38.3. The van der Waals surface area contributed by atoms with Gasteiger partial charge < -0.3 is 0 Å². The molecule has 4 nitrogen and oxygen atoms in total. The normalized spacial score (nSPS) is 38.5. The first kappa shape index (κ1) is 11.5. The van der Waals surface area contributed by atoms with E-state index >= 15 is 0 Å². The fourth-order valence-corrected chi connectivity index (χ4v) is 4.31. The van der Waals surface area contributed by atoms with Gasteiger partial charge in [0, 0.05) is 11.8 Å². The third kappa shape index (κ3) is 0.907. The summed E-state index contributed by atoms with van der Waals surface area (Å²) in [5.74, 6) is -0.476. The van der Waals surface area contributed by atoms with Crippen molar-refractivity contribution in [3.8, 4) is 24.3 Å². The maximum Gasteiger partial charge on any atom is 0.182 e. The van der Waals surface area contributed by atoms with Crippen molar-refractivity contribution in [3.63, 3.8) is 0 Å². The Balaban J connectivity index is 2.36. The lowest BCUT2D eigenvalue weighted by Crippen LogP contribution is -2.40. The van der Waals surface area contributed by atoms with Crippen molar-refractivity contribution in [3.05, 3.63) is 23.8 Å². The maximum atomic E-state index is 9.58. The zero-order valence-electron chi connectivity index (χ0n) is 10.3. The third-order valence-corrected chi connectivity index (χ3v) is 5.02. The van der Waals surface area contributed by atoms with E-state index in [0.717, 1.165) is 5.57 Å². The molecule has 1 fully saturated rings. The predicted octanol–water partition coefficient (Wildman–Crippen LogP) is 2.06. The first-order valence-electron chi connectivity index (χ1n) is 6.13. The average molecular weight is 246 g/mol. The van der Waals surface area contributed by atoms with Gasteiger partial charge in [0.2, 0.25) is 0 Å². The lowest BCUT2D eigenvalue weighted by atomic mass is 9.62. The van der Waals surface area contributed by atoms with E-state index in [1.807, 2.05) is 43.4 Å². The first-order valence-corrected chi connectivity index (χ1v) is 6.13. The van der Waals surface area contributed by atoms with Crippen LogP contribution in [0.15, 0.2) is 23.8 Å². The largest absolute Gasteiger partial charge is 0.196 e. The Labute approximate surface area is 111 Å². The molecular formula is C15H10N4. The van der Waals surface area contributed by atoms with Gasteiger partial charge >= 0.3 is 0 Å². The highest BCUT2D eigenvalue weighted by Gasteiger charge is 2.74. The Morgan fingerprint density at radius 1 is 0.947 bits per heavy atom. The van der Waals surface area contributed by atoms with E-state index in [1.54, 1.807) is 0 Å². The Kier molecular flexibility index (Phi) is 1.98. The van der Waals surface area contributed by atoms with Gasteiger partial charge in [-0.05, 0) is 18.8 Å². The molecule has 0 aromatic rings. The fourth-order valence-electron chi connectivity index (χ4n) is 4.31. The molecule has 4 heteroatoms. The molecule has 0 saturated heterocycles. The SMILES string of the molecule is CC1=C[C@@H]2C=C[C@@H]3[C@H]2[C@H]1C(C#N)(C#N)C3(C#N)C#N. The van der Waals surface area contributed by atoms with Gasteiger partial charge in [0.1, 0.15) is 0 Å². The van der Waals surface area contributed by atoms with Crippen LogP contribution in [0.3, 0.4) is 0 Å². The minimum atomic E-state index is -1.56. The molecule has 0 aliphatic heterocycles. The van der Waals surface area contributed by atoms with Gasteiger partial charge in [-0.25, -0.2) is 0 Å². The van der Waals surface area contributed by atoms with Gasteiger partial charge in [0.15, 0.2) is 10.8 Å². The van der Waals surface area contributed by atoms with E-state index < -0.39 is 10.8 Å². The molecule has 1 saturated carbocycles.